The van der Waals surface area contributed by atoms with Gasteiger partial charge in [0.1, 0.15) is 5.60 Å². The SMILES string of the molecule is CCC(=O)OOc1ccc(-c2ccc(CNC(=O)OC(C)(C)C)cc2)cc1Br. The standard InChI is InChI=1S/C21H24BrNO5/c1-5-19(24)28-27-18-11-10-16(12-17(18)22)15-8-6-14(7-9-15)13-23-20(25)26-21(2,3)4/h6-12H,5,13H2,1-4H3,(H,23,25). The molecule has 0 unspecified atom stereocenters. The molecule has 1 N–H and O–H groups in total. The monoisotopic (exact) mass is 449 g/mol. The van der Waals surface area contributed by atoms with Crippen LogP contribution in [-0.4, -0.2) is 17.7 Å². The molecule has 1 amide bonds. The van der Waals surface area contributed by atoms with Gasteiger partial charge in [-0.15, -0.1) is 0 Å². The van der Waals surface area contributed by atoms with Crippen LogP contribution < -0.4 is 10.2 Å². The largest absolute Gasteiger partial charge is 0.444 e. The second kappa shape index (κ2) is 9.59. The number of ether oxygens (including phenoxy) is 1. The molecule has 0 saturated heterocycles. The van der Waals surface area contributed by atoms with E-state index < -0.39 is 17.7 Å². The summed E-state index contributed by atoms with van der Waals surface area (Å²) in [6, 6.07) is 13.3. The van der Waals surface area contributed by atoms with E-state index in [-0.39, 0.29) is 6.42 Å². The summed E-state index contributed by atoms with van der Waals surface area (Å²) in [6.07, 6.45) is -0.204. The van der Waals surface area contributed by atoms with E-state index >= 15 is 0 Å². The van der Waals surface area contributed by atoms with E-state index in [1.807, 2.05) is 57.2 Å². The van der Waals surface area contributed by atoms with Gasteiger partial charge in [-0.05, 0) is 65.5 Å². The number of nitrogens with one attached hydrogen (secondary N) is 1. The van der Waals surface area contributed by atoms with E-state index in [1.54, 1.807) is 13.0 Å². The Labute approximate surface area is 173 Å². The normalized spacial score (nSPS) is 10.9. The van der Waals surface area contributed by atoms with Gasteiger partial charge in [-0.1, -0.05) is 37.3 Å². The summed E-state index contributed by atoms with van der Waals surface area (Å²) in [7, 11) is 0. The molecule has 0 aromatic heterocycles. The van der Waals surface area contributed by atoms with E-state index in [9.17, 15) is 9.59 Å². The first-order chi connectivity index (χ1) is 13.2. The van der Waals surface area contributed by atoms with Crippen molar-refractivity contribution in [3.63, 3.8) is 0 Å². The molecule has 0 saturated carbocycles. The number of rotatable bonds is 6. The van der Waals surface area contributed by atoms with E-state index in [4.69, 9.17) is 9.62 Å². The first-order valence-electron chi connectivity index (χ1n) is 8.91. The van der Waals surface area contributed by atoms with Crippen molar-refractivity contribution in [2.75, 3.05) is 0 Å². The molecule has 0 bridgehead atoms. The maximum absolute atomic E-state index is 11.7. The third-order valence-corrected chi connectivity index (χ3v) is 4.19. The molecular formula is C21H24BrNO5. The zero-order chi connectivity index (χ0) is 20.7. The van der Waals surface area contributed by atoms with Crippen LogP contribution in [0.5, 0.6) is 5.75 Å². The molecule has 0 aliphatic heterocycles. The molecule has 7 heteroatoms. The smallest absolute Gasteiger partial charge is 0.407 e. The van der Waals surface area contributed by atoms with Gasteiger partial charge in [-0.2, -0.15) is 0 Å². The van der Waals surface area contributed by atoms with Crippen molar-refractivity contribution >= 4 is 28.0 Å². The van der Waals surface area contributed by atoms with Crippen LogP contribution in [0.3, 0.4) is 0 Å². The number of hydrogen-bond donors (Lipinski definition) is 1. The predicted octanol–water partition coefficient (Wildman–Crippen LogP) is 5.39. The number of carbonyl (C=O) groups is 2. The Morgan fingerprint density at radius 3 is 2.25 bits per heavy atom. The van der Waals surface area contributed by atoms with Crippen LogP contribution in [0.1, 0.15) is 39.7 Å². The number of alkyl carbamates (subject to hydrolysis) is 1. The quantitative estimate of drug-likeness (QED) is 0.472. The van der Waals surface area contributed by atoms with E-state index in [2.05, 4.69) is 26.1 Å². The summed E-state index contributed by atoms with van der Waals surface area (Å²) >= 11 is 3.42. The van der Waals surface area contributed by atoms with Gasteiger partial charge in [0.05, 0.1) is 4.47 Å². The lowest BCUT2D eigenvalue weighted by molar-refractivity contribution is -0.213. The number of hydrogen-bond acceptors (Lipinski definition) is 5. The van der Waals surface area contributed by atoms with Crippen molar-refractivity contribution in [2.45, 2.75) is 46.3 Å². The zero-order valence-electron chi connectivity index (χ0n) is 16.4. The minimum absolute atomic E-state index is 0.241. The molecule has 0 fully saturated rings. The molecule has 2 aromatic rings. The lowest BCUT2D eigenvalue weighted by Gasteiger charge is -2.19. The minimum Gasteiger partial charge on any atom is -0.444 e. The molecule has 150 valence electrons. The van der Waals surface area contributed by atoms with E-state index in [0.717, 1.165) is 16.7 Å². The Morgan fingerprint density at radius 2 is 1.68 bits per heavy atom. The molecule has 0 aliphatic carbocycles. The van der Waals surface area contributed by atoms with Gasteiger partial charge in [-0.3, -0.25) is 9.78 Å². The third-order valence-electron chi connectivity index (χ3n) is 3.57. The first kappa shape index (κ1) is 21.8. The van der Waals surface area contributed by atoms with Gasteiger partial charge in [0, 0.05) is 13.0 Å². The highest BCUT2D eigenvalue weighted by Gasteiger charge is 2.15. The summed E-state index contributed by atoms with van der Waals surface area (Å²) < 4.78 is 5.89. The van der Waals surface area contributed by atoms with Crippen LogP contribution in [0.15, 0.2) is 46.9 Å². The van der Waals surface area contributed by atoms with E-state index in [0.29, 0.717) is 16.8 Å². The Morgan fingerprint density at radius 1 is 1.04 bits per heavy atom. The first-order valence-corrected chi connectivity index (χ1v) is 9.70. The second-order valence-corrected chi connectivity index (χ2v) is 7.94. The summed E-state index contributed by atoms with van der Waals surface area (Å²) in [5.74, 6) is -0.0183. The van der Waals surface area contributed by atoms with Crippen LogP contribution in [0, 0.1) is 0 Å². The summed E-state index contributed by atoms with van der Waals surface area (Å²) in [5, 5.41) is 2.73. The third kappa shape index (κ3) is 6.88. The van der Waals surface area contributed by atoms with Crippen LogP contribution in [-0.2, 0) is 21.0 Å². The topological polar surface area (TPSA) is 73.9 Å². The Hall–Kier alpha value is -2.54. The fraction of sp³-hybridized carbons (Fsp3) is 0.333. The maximum Gasteiger partial charge on any atom is 0.407 e. The van der Waals surface area contributed by atoms with E-state index in [1.165, 1.54) is 0 Å². The molecule has 0 aliphatic rings. The lowest BCUT2D eigenvalue weighted by Crippen LogP contribution is -2.32. The molecule has 0 atom stereocenters. The van der Waals surface area contributed by atoms with Gasteiger partial charge in [0.15, 0.2) is 5.75 Å². The minimum atomic E-state index is -0.522. The summed E-state index contributed by atoms with van der Waals surface area (Å²) in [4.78, 5) is 32.6. The highest BCUT2D eigenvalue weighted by Crippen LogP contribution is 2.31. The molecule has 0 radical (unpaired) electrons. The van der Waals surface area contributed by atoms with Gasteiger partial charge in [0.2, 0.25) is 0 Å². The van der Waals surface area contributed by atoms with Crippen LogP contribution in [0.25, 0.3) is 11.1 Å². The van der Waals surface area contributed by atoms with Crippen molar-refractivity contribution in [1.82, 2.24) is 5.32 Å². The highest BCUT2D eigenvalue weighted by molar-refractivity contribution is 9.10. The number of carbonyl (C=O) groups excluding carboxylic acids is 2. The molecule has 0 heterocycles. The van der Waals surface area contributed by atoms with Crippen LogP contribution in [0.4, 0.5) is 4.79 Å². The molecular weight excluding hydrogens is 426 g/mol. The van der Waals surface area contributed by atoms with Crippen molar-refractivity contribution in [3.8, 4) is 16.9 Å². The van der Waals surface area contributed by atoms with Crippen molar-refractivity contribution in [1.29, 1.82) is 0 Å². The Kier molecular flexibility index (Phi) is 7.45. The van der Waals surface area contributed by atoms with Gasteiger partial charge < -0.3 is 10.1 Å². The van der Waals surface area contributed by atoms with Gasteiger partial charge >= 0.3 is 12.1 Å². The van der Waals surface area contributed by atoms with Crippen molar-refractivity contribution < 1.29 is 24.1 Å². The molecule has 6 nitrogen and oxygen atoms in total. The predicted molar refractivity (Wildman–Crippen MR) is 110 cm³/mol. The summed E-state index contributed by atoms with van der Waals surface area (Å²) in [6.45, 7) is 7.54. The Bertz CT molecular complexity index is 828. The molecule has 2 aromatic carbocycles. The Balaban J connectivity index is 1.98. The maximum atomic E-state index is 11.7. The molecule has 2 rings (SSSR count). The number of halogens is 1. The lowest BCUT2D eigenvalue weighted by atomic mass is 10.0. The second-order valence-electron chi connectivity index (χ2n) is 7.09. The highest BCUT2D eigenvalue weighted by atomic mass is 79.9. The fourth-order valence-corrected chi connectivity index (χ4v) is 2.65. The zero-order valence-corrected chi connectivity index (χ0v) is 18.0. The summed E-state index contributed by atoms with van der Waals surface area (Å²) in [5.41, 5.74) is 2.40. The molecule has 0 spiro atoms. The van der Waals surface area contributed by atoms with Gasteiger partial charge in [-0.25, -0.2) is 9.59 Å². The number of amides is 1. The average Bonchev–Trinajstić information content (AvgIpc) is 2.64. The van der Waals surface area contributed by atoms with Gasteiger partial charge in [0.25, 0.3) is 0 Å². The van der Waals surface area contributed by atoms with Crippen LogP contribution >= 0.6 is 15.9 Å². The van der Waals surface area contributed by atoms with Crippen molar-refractivity contribution in [2.24, 2.45) is 0 Å². The number of benzene rings is 2. The fourth-order valence-electron chi connectivity index (χ4n) is 2.20. The molecule has 28 heavy (non-hydrogen) atoms. The van der Waals surface area contributed by atoms with Crippen LogP contribution in [0.2, 0.25) is 0 Å². The van der Waals surface area contributed by atoms with Crippen molar-refractivity contribution in [3.05, 3.63) is 52.5 Å². The average molecular weight is 450 g/mol.